The van der Waals surface area contributed by atoms with Crippen LogP contribution in [0, 0.1) is 0 Å². The molecular formula is C17H12N2O5. The molecule has 0 unspecified atom stereocenters. The molecule has 0 aliphatic carbocycles. The molecule has 2 aromatic carbocycles. The molecule has 0 fully saturated rings. The van der Waals surface area contributed by atoms with E-state index in [1.807, 2.05) is 0 Å². The van der Waals surface area contributed by atoms with E-state index in [0.717, 1.165) is 4.57 Å². The molecule has 2 heterocycles. The number of nitrogens with zero attached hydrogens (tertiary/aromatic N) is 2. The molecule has 0 saturated carbocycles. The molecule has 0 aliphatic rings. The van der Waals surface area contributed by atoms with Gasteiger partial charge in [-0.2, -0.15) is 0 Å². The van der Waals surface area contributed by atoms with E-state index in [-0.39, 0.29) is 12.1 Å². The van der Waals surface area contributed by atoms with Crippen molar-refractivity contribution in [3.05, 3.63) is 79.5 Å². The van der Waals surface area contributed by atoms with Gasteiger partial charge in [0.2, 0.25) is 0 Å². The van der Waals surface area contributed by atoms with Crippen molar-refractivity contribution in [3.63, 3.8) is 0 Å². The van der Waals surface area contributed by atoms with Crippen molar-refractivity contribution in [2.75, 3.05) is 0 Å². The Bertz CT molecular complexity index is 1260. The van der Waals surface area contributed by atoms with E-state index in [4.69, 9.17) is 8.83 Å². The minimum Gasteiger partial charge on any atom is -0.409 e. The van der Waals surface area contributed by atoms with Crippen molar-refractivity contribution in [1.29, 1.82) is 0 Å². The molecule has 7 heteroatoms. The van der Waals surface area contributed by atoms with Gasteiger partial charge < -0.3 is 8.83 Å². The van der Waals surface area contributed by atoms with Gasteiger partial charge >= 0.3 is 11.5 Å². The predicted octanol–water partition coefficient (Wildman–Crippen LogP) is 1.45. The van der Waals surface area contributed by atoms with E-state index < -0.39 is 17.1 Å². The molecule has 7 nitrogen and oxygen atoms in total. The third kappa shape index (κ3) is 2.10. The summed E-state index contributed by atoms with van der Waals surface area (Å²) in [7, 11) is 1.59. The number of oxazole rings is 1. The van der Waals surface area contributed by atoms with Crippen LogP contribution < -0.4 is 17.1 Å². The van der Waals surface area contributed by atoms with Crippen molar-refractivity contribution in [2.45, 2.75) is 6.54 Å². The average Bonchev–Trinajstić information content (AvgIpc) is 2.86. The zero-order valence-corrected chi connectivity index (χ0v) is 12.7. The number of rotatable bonds is 2. The van der Waals surface area contributed by atoms with Gasteiger partial charge in [0, 0.05) is 7.05 Å². The van der Waals surface area contributed by atoms with Crippen LogP contribution in [0.2, 0.25) is 0 Å². The molecule has 0 atom stereocenters. The first-order valence-corrected chi connectivity index (χ1v) is 7.26. The standard InChI is InChI=1S/C17H12N2O5/c1-18-12-8-10(6-7-14(12)24-16(18)21)9-19-15(20)11-4-2-3-5-13(11)23-17(19)22/h2-8H,9H2,1H3. The highest BCUT2D eigenvalue weighted by Gasteiger charge is 2.11. The maximum Gasteiger partial charge on any atom is 0.422 e. The Hall–Kier alpha value is -3.35. The second-order valence-electron chi connectivity index (χ2n) is 5.48. The molecule has 24 heavy (non-hydrogen) atoms. The van der Waals surface area contributed by atoms with Crippen LogP contribution >= 0.6 is 0 Å². The third-order valence-corrected chi connectivity index (χ3v) is 3.98. The second-order valence-corrected chi connectivity index (χ2v) is 5.48. The summed E-state index contributed by atoms with van der Waals surface area (Å²) in [5, 5.41) is 0.342. The molecule has 0 amide bonds. The van der Waals surface area contributed by atoms with Gasteiger partial charge in [-0.15, -0.1) is 0 Å². The highest BCUT2D eigenvalue weighted by atomic mass is 16.4. The lowest BCUT2D eigenvalue weighted by Gasteiger charge is -2.05. The number of aryl methyl sites for hydroxylation is 1. The van der Waals surface area contributed by atoms with Crippen LogP contribution in [0.3, 0.4) is 0 Å². The number of hydrogen-bond donors (Lipinski definition) is 0. The molecule has 0 saturated heterocycles. The number of hydrogen-bond acceptors (Lipinski definition) is 5. The maximum atomic E-state index is 12.5. The SMILES string of the molecule is Cn1c(=O)oc2ccc(Cn3c(=O)oc4ccccc4c3=O)cc21. The van der Waals surface area contributed by atoms with E-state index in [2.05, 4.69) is 0 Å². The summed E-state index contributed by atoms with van der Waals surface area (Å²) in [6, 6.07) is 11.6. The summed E-state index contributed by atoms with van der Waals surface area (Å²) in [6.07, 6.45) is 0. The molecule has 4 rings (SSSR count). The van der Waals surface area contributed by atoms with Crippen molar-refractivity contribution in [1.82, 2.24) is 9.13 Å². The quantitative estimate of drug-likeness (QED) is 0.557. The number of benzene rings is 2. The summed E-state index contributed by atoms with van der Waals surface area (Å²) in [4.78, 5) is 36.2. The van der Waals surface area contributed by atoms with Crippen molar-refractivity contribution in [2.24, 2.45) is 7.05 Å². The van der Waals surface area contributed by atoms with Gasteiger partial charge in [0.25, 0.3) is 5.56 Å². The Morgan fingerprint density at radius 2 is 1.67 bits per heavy atom. The fourth-order valence-corrected chi connectivity index (χ4v) is 2.70. The Labute approximate surface area is 134 Å². The highest BCUT2D eigenvalue weighted by Crippen LogP contribution is 2.15. The van der Waals surface area contributed by atoms with Crippen molar-refractivity contribution < 1.29 is 8.83 Å². The topological polar surface area (TPSA) is 87.3 Å². The lowest BCUT2D eigenvalue weighted by molar-refractivity contribution is 0.471. The number of para-hydroxylation sites is 1. The molecule has 120 valence electrons. The molecular weight excluding hydrogens is 312 g/mol. The fraction of sp³-hybridized carbons (Fsp3) is 0.118. The Morgan fingerprint density at radius 3 is 2.50 bits per heavy atom. The van der Waals surface area contributed by atoms with Crippen LogP contribution in [0.15, 0.2) is 65.7 Å². The van der Waals surface area contributed by atoms with Crippen LogP contribution in [0.4, 0.5) is 0 Å². The van der Waals surface area contributed by atoms with E-state index in [9.17, 15) is 14.4 Å². The normalized spacial score (nSPS) is 11.4. The van der Waals surface area contributed by atoms with Crippen molar-refractivity contribution >= 4 is 22.1 Å². The zero-order chi connectivity index (χ0) is 16.8. The maximum absolute atomic E-state index is 12.5. The van der Waals surface area contributed by atoms with Gasteiger partial charge in [0.15, 0.2) is 5.58 Å². The first-order chi connectivity index (χ1) is 11.5. The lowest BCUT2D eigenvalue weighted by atomic mass is 10.2. The van der Waals surface area contributed by atoms with Crippen LogP contribution in [-0.2, 0) is 13.6 Å². The third-order valence-electron chi connectivity index (χ3n) is 3.98. The van der Waals surface area contributed by atoms with Crippen LogP contribution in [0.1, 0.15) is 5.56 Å². The van der Waals surface area contributed by atoms with Crippen LogP contribution in [0.25, 0.3) is 22.1 Å². The smallest absolute Gasteiger partial charge is 0.409 e. The molecule has 0 N–H and O–H groups in total. The summed E-state index contributed by atoms with van der Waals surface area (Å²) >= 11 is 0. The second kappa shape index (κ2) is 5.09. The van der Waals surface area contributed by atoms with E-state index in [0.29, 0.717) is 22.0 Å². The molecule has 0 spiro atoms. The summed E-state index contributed by atoms with van der Waals surface area (Å²) in [5.74, 6) is -1.19. The van der Waals surface area contributed by atoms with Gasteiger partial charge in [-0.05, 0) is 29.8 Å². The van der Waals surface area contributed by atoms with Gasteiger partial charge in [-0.1, -0.05) is 18.2 Å². The van der Waals surface area contributed by atoms with Gasteiger partial charge in [0.05, 0.1) is 17.4 Å². The molecule has 2 aromatic heterocycles. The largest absolute Gasteiger partial charge is 0.422 e. The van der Waals surface area contributed by atoms with E-state index in [1.165, 1.54) is 4.57 Å². The predicted molar refractivity (Wildman–Crippen MR) is 87.3 cm³/mol. The zero-order valence-electron chi connectivity index (χ0n) is 12.7. The number of fused-ring (bicyclic) bond motifs is 2. The Balaban J connectivity index is 1.88. The lowest BCUT2D eigenvalue weighted by Crippen LogP contribution is -2.32. The average molecular weight is 324 g/mol. The van der Waals surface area contributed by atoms with Crippen LogP contribution in [-0.4, -0.2) is 9.13 Å². The summed E-state index contributed by atoms with van der Waals surface area (Å²) in [6.45, 7) is 0.0430. The summed E-state index contributed by atoms with van der Waals surface area (Å²) in [5.41, 5.74) is 1.57. The minimum atomic E-state index is -0.722. The van der Waals surface area contributed by atoms with E-state index in [1.54, 1.807) is 49.5 Å². The highest BCUT2D eigenvalue weighted by molar-refractivity contribution is 5.75. The first-order valence-electron chi connectivity index (χ1n) is 7.26. The monoisotopic (exact) mass is 324 g/mol. The summed E-state index contributed by atoms with van der Waals surface area (Å²) < 4.78 is 12.7. The Kier molecular flexibility index (Phi) is 3.02. The van der Waals surface area contributed by atoms with Crippen LogP contribution in [0.5, 0.6) is 0 Å². The van der Waals surface area contributed by atoms with Gasteiger partial charge in [0.1, 0.15) is 5.58 Å². The molecule has 0 aliphatic heterocycles. The fourth-order valence-electron chi connectivity index (χ4n) is 2.70. The van der Waals surface area contributed by atoms with Crippen molar-refractivity contribution in [3.8, 4) is 0 Å². The molecule has 0 radical (unpaired) electrons. The van der Waals surface area contributed by atoms with Gasteiger partial charge in [-0.25, -0.2) is 14.2 Å². The number of aromatic nitrogens is 2. The van der Waals surface area contributed by atoms with E-state index >= 15 is 0 Å². The van der Waals surface area contributed by atoms with Gasteiger partial charge in [-0.3, -0.25) is 9.36 Å². The Morgan fingerprint density at radius 1 is 0.917 bits per heavy atom. The molecule has 4 aromatic rings. The minimum absolute atomic E-state index is 0.0430. The molecule has 0 bridgehead atoms. The first kappa shape index (κ1) is 14.3.